The van der Waals surface area contributed by atoms with Gasteiger partial charge in [0, 0.05) is 11.9 Å². The third kappa shape index (κ3) is 2.01. The highest BCUT2D eigenvalue weighted by molar-refractivity contribution is 5.93. The van der Waals surface area contributed by atoms with Gasteiger partial charge in [0.1, 0.15) is 5.65 Å². The van der Waals surface area contributed by atoms with Crippen LogP contribution in [0.3, 0.4) is 0 Å². The highest BCUT2D eigenvalue weighted by atomic mass is 16.4. The number of hydrogen-bond donors (Lipinski definition) is 2. The van der Waals surface area contributed by atoms with Crippen LogP contribution in [-0.2, 0) is 0 Å². The molecule has 0 radical (unpaired) electrons. The predicted octanol–water partition coefficient (Wildman–Crippen LogP) is 2.78. The van der Waals surface area contributed by atoms with Crippen molar-refractivity contribution in [1.82, 2.24) is 9.38 Å². The molecule has 3 rings (SSSR count). The van der Waals surface area contributed by atoms with Gasteiger partial charge in [-0.15, -0.1) is 0 Å². The summed E-state index contributed by atoms with van der Waals surface area (Å²) in [6, 6.07) is 14.7. The van der Waals surface area contributed by atoms with Gasteiger partial charge < -0.3 is 10.4 Å². The van der Waals surface area contributed by atoms with Crippen LogP contribution in [0.15, 0.2) is 54.7 Å². The highest BCUT2D eigenvalue weighted by Crippen LogP contribution is 2.21. The third-order valence-electron chi connectivity index (χ3n) is 2.77. The monoisotopic (exact) mass is 253 g/mol. The molecular weight excluding hydrogens is 242 g/mol. The Morgan fingerprint density at radius 1 is 1.11 bits per heavy atom. The van der Waals surface area contributed by atoms with Gasteiger partial charge in [-0.05, 0) is 24.3 Å². The number of para-hydroxylation sites is 1. The molecule has 0 aliphatic heterocycles. The number of anilines is 2. The summed E-state index contributed by atoms with van der Waals surface area (Å²) < 4.78 is 1.55. The normalized spacial score (nSPS) is 10.5. The van der Waals surface area contributed by atoms with Crippen molar-refractivity contribution in [2.24, 2.45) is 0 Å². The van der Waals surface area contributed by atoms with Crippen LogP contribution in [0.1, 0.15) is 10.5 Å². The van der Waals surface area contributed by atoms with Crippen LogP contribution in [-0.4, -0.2) is 20.5 Å². The number of benzene rings is 1. The Hall–Kier alpha value is -2.82. The molecule has 2 heterocycles. The maximum absolute atomic E-state index is 11.4. The lowest BCUT2D eigenvalue weighted by Crippen LogP contribution is -2.05. The van der Waals surface area contributed by atoms with Crippen molar-refractivity contribution in [1.29, 1.82) is 0 Å². The number of fused-ring (bicyclic) bond motifs is 1. The number of carbonyl (C=O) groups is 1. The van der Waals surface area contributed by atoms with E-state index in [-0.39, 0.29) is 5.69 Å². The van der Waals surface area contributed by atoms with Crippen molar-refractivity contribution in [2.75, 3.05) is 5.32 Å². The molecule has 5 heteroatoms. The molecule has 0 atom stereocenters. The van der Waals surface area contributed by atoms with Crippen molar-refractivity contribution >= 4 is 23.1 Å². The van der Waals surface area contributed by atoms with Crippen LogP contribution < -0.4 is 5.32 Å². The quantitative estimate of drug-likeness (QED) is 0.753. The van der Waals surface area contributed by atoms with E-state index >= 15 is 0 Å². The molecule has 0 fully saturated rings. The highest BCUT2D eigenvalue weighted by Gasteiger charge is 2.18. The largest absolute Gasteiger partial charge is 0.476 e. The fraction of sp³-hybridized carbons (Fsp3) is 0. The lowest BCUT2D eigenvalue weighted by molar-refractivity contribution is 0.0690. The van der Waals surface area contributed by atoms with E-state index in [4.69, 9.17) is 0 Å². The van der Waals surface area contributed by atoms with Crippen molar-refractivity contribution in [3.05, 3.63) is 60.4 Å². The van der Waals surface area contributed by atoms with Crippen LogP contribution in [0.25, 0.3) is 5.65 Å². The van der Waals surface area contributed by atoms with E-state index < -0.39 is 5.97 Å². The van der Waals surface area contributed by atoms with E-state index in [1.165, 1.54) is 0 Å². The molecule has 3 aromatic rings. The van der Waals surface area contributed by atoms with E-state index in [1.54, 1.807) is 22.7 Å². The number of carboxylic acid groups (broad SMARTS) is 1. The van der Waals surface area contributed by atoms with Crippen molar-refractivity contribution in [3.63, 3.8) is 0 Å². The second kappa shape index (κ2) is 4.45. The summed E-state index contributed by atoms with van der Waals surface area (Å²) in [5.41, 5.74) is 1.52. The van der Waals surface area contributed by atoms with Gasteiger partial charge in [-0.1, -0.05) is 24.3 Å². The molecule has 19 heavy (non-hydrogen) atoms. The molecule has 0 spiro atoms. The van der Waals surface area contributed by atoms with Gasteiger partial charge in [0.15, 0.2) is 11.5 Å². The number of imidazole rings is 1. The molecule has 0 aliphatic carbocycles. The van der Waals surface area contributed by atoms with E-state index in [9.17, 15) is 9.90 Å². The number of aromatic carboxylic acids is 1. The lowest BCUT2D eigenvalue weighted by Gasteiger charge is -2.03. The Morgan fingerprint density at radius 2 is 1.84 bits per heavy atom. The van der Waals surface area contributed by atoms with Gasteiger partial charge in [0.25, 0.3) is 0 Å². The second-order valence-electron chi connectivity index (χ2n) is 4.03. The summed E-state index contributed by atoms with van der Waals surface area (Å²) >= 11 is 0. The van der Waals surface area contributed by atoms with E-state index in [2.05, 4.69) is 10.3 Å². The minimum atomic E-state index is -1.02. The number of pyridine rings is 1. The summed E-state index contributed by atoms with van der Waals surface area (Å²) in [7, 11) is 0. The molecule has 2 N–H and O–H groups in total. The molecule has 0 aliphatic rings. The summed E-state index contributed by atoms with van der Waals surface area (Å²) in [6.07, 6.45) is 1.68. The van der Waals surface area contributed by atoms with Crippen LogP contribution in [0, 0.1) is 0 Å². The van der Waals surface area contributed by atoms with E-state index in [1.807, 2.05) is 36.4 Å². The van der Waals surface area contributed by atoms with Crippen LogP contribution >= 0.6 is 0 Å². The maximum Gasteiger partial charge on any atom is 0.356 e. The molecule has 0 saturated carbocycles. The number of rotatable bonds is 3. The molecular formula is C14H11N3O2. The predicted molar refractivity (Wildman–Crippen MR) is 71.9 cm³/mol. The minimum absolute atomic E-state index is 0.124. The number of aromatic nitrogens is 2. The van der Waals surface area contributed by atoms with Gasteiger partial charge >= 0.3 is 5.97 Å². The first-order chi connectivity index (χ1) is 9.25. The molecule has 1 aromatic carbocycles. The summed E-state index contributed by atoms with van der Waals surface area (Å²) in [5, 5.41) is 12.4. The van der Waals surface area contributed by atoms with Crippen LogP contribution in [0.2, 0.25) is 0 Å². The standard InChI is InChI=1S/C14H11N3O2/c18-14(19)12-13(15-10-6-2-1-3-7-10)16-11-8-4-5-9-17(11)12/h1-9,15H,(H,18,19). The van der Waals surface area contributed by atoms with Gasteiger partial charge in [0.2, 0.25) is 0 Å². The number of nitrogens with one attached hydrogen (secondary N) is 1. The van der Waals surface area contributed by atoms with Crippen molar-refractivity contribution in [2.45, 2.75) is 0 Å². The summed E-state index contributed by atoms with van der Waals surface area (Å²) in [4.78, 5) is 15.7. The average Bonchev–Trinajstić information content (AvgIpc) is 2.77. The van der Waals surface area contributed by atoms with Gasteiger partial charge in [-0.3, -0.25) is 4.40 Å². The zero-order valence-electron chi connectivity index (χ0n) is 9.95. The molecule has 0 amide bonds. The van der Waals surface area contributed by atoms with E-state index in [0.29, 0.717) is 11.5 Å². The Morgan fingerprint density at radius 3 is 2.58 bits per heavy atom. The van der Waals surface area contributed by atoms with Gasteiger partial charge in [0.05, 0.1) is 0 Å². The third-order valence-corrected chi connectivity index (χ3v) is 2.77. The van der Waals surface area contributed by atoms with E-state index in [0.717, 1.165) is 5.69 Å². The number of carboxylic acids is 1. The number of hydrogen-bond acceptors (Lipinski definition) is 3. The zero-order chi connectivity index (χ0) is 13.2. The maximum atomic E-state index is 11.4. The Balaban J connectivity index is 2.13. The average molecular weight is 253 g/mol. The summed E-state index contributed by atoms with van der Waals surface area (Å²) in [5.74, 6) is -0.679. The van der Waals surface area contributed by atoms with Crippen molar-refractivity contribution in [3.8, 4) is 0 Å². The minimum Gasteiger partial charge on any atom is -0.476 e. The zero-order valence-corrected chi connectivity index (χ0v) is 9.95. The Labute approximate surface area is 109 Å². The SMILES string of the molecule is O=C(O)c1c(Nc2ccccc2)nc2ccccn12. The fourth-order valence-corrected chi connectivity index (χ4v) is 1.95. The lowest BCUT2D eigenvalue weighted by atomic mass is 10.3. The summed E-state index contributed by atoms with van der Waals surface area (Å²) in [6.45, 7) is 0. The number of nitrogens with zero attached hydrogens (tertiary/aromatic N) is 2. The first-order valence-corrected chi connectivity index (χ1v) is 5.78. The molecule has 0 bridgehead atoms. The molecule has 0 unspecified atom stereocenters. The Bertz CT molecular complexity index is 735. The van der Waals surface area contributed by atoms with Crippen LogP contribution in [0.4, 0.5) is 11.5 Å². The molecule has 0 saturated heterocycles. The van der Waals surface area contributed by atoms with Crippen LogP contribution in [0.5, 0.6) is 0 Å². The fourth-order valence-electron chi connectivity index (χ4n) is 1.95. The van der Waals surface area contributed by atoms with Gasteiger partial charge in [-0.25, -0.2) is 9.78 Å². The second-order valence-corrected chi connectivity index (χ2v) is 4.03. The molecule has 5 nitrogen and oxygen atoms in total. The molecule has 94 valence electrons. The topological polar surface area (TPSA) is 66.6 Å². The smallest absolute Gasteiger partial charge is 0.356 e. The van der Waals surface area contributed by atoms with Gasteiger partial charge in [-0.2, -0.15) is 0 Å². The Kier molecular flexibility index (Phi) is 2.64. The van der Waals surface area contributed by atoms with Crippen molar-refractivity contribution < 1.29 is 9.90 Å². The molecule has 2 aromatic heterocycles. The first kappa shape index (κ1) is 11.3. The first-order valence-electron chi connectivity index (χ1n) is 5.78.